The fourth-order valence-electron chi connectivity index (χ4n) is 2.32. The van der Waals surface area contributed by atoms with Gasteiger partial charge in [0, 0.05) is 18.4 Å². The number of hydrogen-bond acceptors (Lipinski definition) is 2. The zero-order valence-electron chi connectivity index (χ0n) is 9.46. The molecular weight excluding hydrogens is 224 g/mol. The molecule has 1 fully saturated rings. The van der Waals surface area contributed by atoms with Crippen LogP contribution in [0.3, 0.4) is 0 Å². The zero-order valence-corrected chi connectivity index (χ0v) is 9.46. The molecular formula is C13H15F2NO. The smallest absolute Gasteiger partial charge is 0.140 e. The molecule has 4 heteroatoms. The number of nitrogens with two attached hydrogens (primary N) is 1. The fraction of sp³-hybridized carbons (Fsp3) is 0.462. The van der Waals surface area contributed by atoms with Gasteiger partial charge >= 0.3 is 0 Å². The minimum Gasteiger partial charge on any atom is -0.328 e. The minimum atomic E-state index is -0.526. The van der Waals surface area contributed by atoms with Crippen molar-refractivity contribution in [2.75, 3.05) is 0 Å². The van der Waals surface area contributed by atoms with Crippen molar-refractivity contribution in [1.82, 2.24) is 0 Å². The summed E-state index contributed by atoms with van der Waals surface area (Å²) in [5, 5.41) is 0. The number of rotatable bonds is 3. The Morgan fingerprint density at radius 3 is 2.76 bits per heavy atom. The third kappa shape index (κ3) is 2.88. The lowest BCUT2D eigenvalue weighted by Crippen LogP contribution is -2.19. The van der Waals surface area contributed by atoms with Crippen LogP contribution in [0.4, 0.5) is 8.78 Å². The monoisotopic (exact) mass is 239 g/mol. The van der Waals surface area contributed by atoms with E-state index in [0.29, 0.717) is 6.42 Å². The molecule has 1 aliphatic carbocycles. The highest BCUT2D eigenvalue weighted by Gasteiger charge is 2.27. The van der Waals surface area contributed by atoms with E-state index in [-0.39, 0.29) is 29.7 Å². The predicted octanol–water partition coefficient (Wildman–Crippen LogP) is 2.20. The van der Waals surface area contributed by atoms with Crippen LogP contribution in [0, 0.1) is 17.6 Å². The van der Waals surface area contributed by atoms with E-state index in [4.69, 9.17) is 5.73 Å². The second kappa shape index (κ2) is 4.92. The molecule has 0 saturated heterocycles. The molecule has 0 aliphatic heterocycles. The number of carbonyl (C=O) groups excluding carboxylic acids is 1. The lowest BCUT2D eigenvalue weighted by atomic mass is 9.96. The van der Waals surface area contributed by atoms with Crippen LogP contribution in [-0.2, 0) is 11.2 Å². The number of benzene rings is 1. The van der Waals surface area contributed by atoms with E-state index in [0.717, 1.165) is 31.0 Å². The Kier molecular flexibility index (Phi) is 3.52. The number of carbonyl (C=O) groups is 1. The maximum absolute atomic E-state index is 13.4. The Labute approximate surface area is 98.8 Å². The average Bonchev–Trinajstić information content (AvgIpc) is 2.70. The van der Waals surface area contributed by atoms with Crippen LogP contribution in [0.15, 0.2) is 18.2 Å². The summed E-state index contributed by atoms with van der Waals surface area (Å²) in [4.78, 5) is 11.9. The summed E-state index contributed by atoms with van der Waals surface area (Å²) in [6.07, 6.45) is 2.22. The van der Waals surface area contributed by atoms with Crippen LogP contribution in [0.25, 0.3) is 0 Å². The van der Waals surface area contributed by atoms with Gasteiger partial charge in [-0.2, -0.15) is 0 Å². The Balaban J connectivity index is 2.05. The third-order valence-electron chi connectivity index (χ3n) is 3.30. The third-order valence-corrected chi connectivity index (χ3v) is 3.30. The van der Waals surface area contributed by atoms with Crippen molar-refractivity contribution in [3.05, 3.63) is 35.4 Å². The van der Waals surface area contributed by atoms with Gasteiger partial charge in [0.25, 0.3) is 0 Å². The molecule has 1 aliphatic rings. The van der Waals surface area contributed by atoms with E-state index in [9.17, 15) is 13.6 Å². The zero-order chi connectivity index (χ0) is 12.4. The lowest BCUT2D eigenvalue weighted by molar-refractivity contribution is -0.122. The van der Waals surface area contributed by atoms with Gasteiger partial charge in [-0.3, -0.25) is 4.79 Å². The molecule has 0 amide bonds. The van der Waals surface area contributed by atoms with Crippen molar-refractivity contribution < 1.29 is 13.6 Å². The van der Waals surface area contributed by atoms with Crippen LogP contribution in [-0.4, -0.2) is 11.8 Å². The highest BCUT2D eigenvalue weighted by atomic mass is 19.1. The normalized spacial score (nSPS) is 23.9. The molecule has 2 atom stereocenters. The minimum absolute atomic E-state index is 0.0394. The number of halogens is 2. The van der Waals surface area contributed by atoms with Crippen LogP contribution in [0.2, 0.25) is 0 Å². The first kappa shape index (κ1) is 12.2. The first-order chi connectivity index (χ1) is 8.06. The van der Waals surface area contributed by atoms with Gasteiger partial charge in [-0.1, -0.05) is 0 Å². The predicted molar refractivity (Wildman–Crippen MR) is 60.4 cm³/mol. The first-order valence-electron chi connectivity index (χ1n) is 5.78. The van der Waals surface area contributed by atoms with Crippen molar-refractivity contribution >= 4 is 5.78 Å². The molecule has 2 rings (SSSR count). The molecule has 1 aromatic rings. The van der Waals surface area contributed by atoms with E-state index in [1.54, 1.807) is 0 Å². The molecule has 0 heterocycles. The second-order valence-electron chi connectivity index (χ2n) is 4.65. The highest BCUT2D eigenvalue weighted by molar-refractivity contribution is 5.83. The Morgan fingerprint density at radius 2 is 2.12 bits per heavy atom. The standard InChI is InChI=1S/C13H15F2NO/c14-10-2-4-12(15)9(5-10)7-13(17)8-1-3-11(16)6-8/h2,4-5,8,11H,1,3,6-7,16H2. The van der Waals surface area contributed by atoms with Gasteiger partial charge in [0.2, 0.25) is 0 Å². The van der Waals surface area contributed by atoms with E-state index < -0.39 is 11.6 Å². The van der Waals surface area contributed by atoms with Crippen LogP contribution in [0.5, 0.6) is 0 Å². The lowest BCUT2D eigenvalue weighted by Gasteiger charge is -2.09. The largest absolute Gasteiger partial charge is 0.328 e. The number of ketones is 1. The summed E-state index contributed by atoms with van der Waals surface area (Å²) in [5.74, 6) is -1.17. The molecule has 2 nitrogen and oxygen atoms in total. The Hall–Kier alpha value is -1.29. The van der Waals surface area contributed by atoms with E-state index in [1.165, 1.54) is 0 Å². The molecule has 2 N–H and O–H groups in total. The second-order valence-corrected chi connectivity index (χ2v) is 4.65. The summed E-state index contributed by atoms with van der Waals surface area (Å²) in [7, 11) is 0. The van der Waals surface area contributed by atoms with Crippen molar-refractivity contribution in [3.63, 3.8) is 0 Å². The average molecular weight is 239 g/mol. The Morgan fingerprint density at radius 1 is 1.35 bits per heavy atom. The molecule has 0 radical (unpaired) electrons. The van der Waals surface area contributed by atoms with Crippen LogP contribution >= 0.6 is 0 Å². The summed E-state index contributed by atoms with van der Waals surface area (Å²) >= 11 is 0. The molecule has 0 bridgehead atoms. The molecule has 1 saturated carbocycles. The SMILES string of the molecule is NC1CCC(C(=O)Cc2cc(F)ccc2F)C1. The maximum Gasteiger partial charge on any atom is 0.140 e. The van der Waals surface area contributed by atoms with Gasteiger partial charge in [-0.05, 0) is 43.0 Å². The van der Waals surface area contributed by atoms with E-state index in [1.807, 2.05) is 0 Å². The van der Waals surface area contributed by atoms with E-state index in [2.05, 4.69) is 0 Å². The van der Waals surface area contributed by atoms with E-state index >= 15 is 0 Å². The number of hydrogen-bond donors (Lipinski definition) is 1. The molecule has 0 aromatic heterocycles. The van der Waals surface area contributed by atoms with Gasteiger partial charge in [0.05, 0.1) is 0 Å². The molecule has 92 valence electrons. The van der Waals surface area contributed by atoms with Gasteiger partial charge in [0.15, 0.2) is 0 Å². The van der Waals surface area contributed by atoms with Gasteiger partial charge in [-0.25, -0.2) is 8.78 Å². The quantitative estimate of drug-likeness (QED) is 0.878. The molecule has 1 aromatic carbocycles. The molecule has 0 spiro atoms. The van der Waals surface area contributed by atoms with Crippen LogP contribution in [0.1, 0.15) is 24.8 Å². The number of Topliss-reactive ketones (excluding diaryl/α,β-unsaturated/α-hetero) is 1. The van der Waals surface area contributed by atoms with Crippen molar-refractivity contribution in [2.24, 2.45) is 11.7 Å². The fourth-order valence-corrected chi connectivity index (χ4v) is 2.32. The van der Waals surface area contributed by atoms with Crippen molar-refractivity contribution in [3.8, 4) is 0 Å². The summed E-state index contributed by atoms with van der Waals surface area (Å²) in [6, 6.07) is 3.26. The maximum atomic E-state index is 13.4. The Bertz CT molecular complexity index is 433. The summed E-state index contributed by atoms with van der Waals surface area (Å²) in [5.41, 5.74) is 5.86. The van der Waals surface area contributed by atoms with Gasteiger partial charge in [-0.15, -0.1) is 0 Å². The van der Waals surface area contributed by atoms with Crippen LogP contribution < -0.4 is 5.73 Å². The van der Waals surface area contributed by atoms with Crippen molar-refractivity contribution in [2.45, 2.75) is 31.7 Å². The highest BCUT2D eigenvalue weighted by Crippen LogP contribution is 2.26. The summed E-state index contributed by atoms with van der Waals surface area (Å²) < 4.78 is 26.3. The van der Waals surface area contributed by atoms with Gasteiger partial charge in [0.1, 0.15) is 17.4 Å². The molecule has 2 unspecified atom stereocenters. The van der Waals surface area contributed by atoms with Crippen molar-refractivity contribution in [1.29, 1.82) is 0 Å². The summed E-state index contributed by atoms with van der Waals surface area (Å²) in [6.45, 7) is 0. The topological polar surface area (TPSA) is 43.1 Å². The van der Waals surface area contributed by atoms with Gasteiger partial charge < -0.3 is 5.73 Å². The first-order valence-corrected chi connectivity index (χ1v) is 5.78. The molecule has 17 heavy (non-hydrogen) atoms.